The van der Waals surface area contributed by atoms with E-state index in [0.717, 1.165) is 62.5 Å². The first-order valence-corrected chi connectivity index (χ1v) is 10.5. The van der Waals surface area contributed by atoms with Gasteiger partial charge in [-0.15, -0.1) is 0 Å². The Morgan fingerprint density at radius 2 is 1.97 bits per heavy atom. The Balaban J connectivity index is 1.32. The van der Waals surface area contributed by atoms with Crippen LogP contribution in [0.4, 0.5) is 10.1 Å². The molecule has 0 spiro atoms. The molecular formula is C23H25FN4O2. The number of pyridine rings is 1. The molecule has 1 N–H and O–H groups in total. The number of benzene rings is 1. The maximum atomic E-state index is 13.7. The molecule has 3 aliphatic rings. The minimum atomic E-state index is -0.379. The van der Waals surface area contributed by atoms with Crippen molar-refractivity contribution in [2.45, 2.75) is 19.4 Å². The normalized spacial score (nSPS) is 21.3. The first-order valence-electron chi connectivity index (χ1n) is 10.5. The summed E-state index contributed by atoms with van der Waals surface area (Å²) in [7, 11) is 2.17. The fourth-order valence-corrected chi connectivity index (χ4v) is 4.35. The zero-order chi connectivity index (χ0) is 20.7. The summed E-state index contributed by atoms with van der Waals surface area (Å²) in [6.07, 6.45) is 1.99. The summed E-state index contributed by atoms with van der Waals surface area (Å²) in [6, 6.07) is 8.28. The number of piperazine rings is 1. The summed E-state index contributed by atoms with van der Waals surface area (Å²) >= 11 is 0. The molecule has 0 bridgehead atoms. The molecule has 0 saturated carbocycles. The van der Waals surface area contributed by atoms with Gasteiger partial charge in [-0.25, -0.2) is 4.39 Å². The predicted molar refractivity (Wildman–Crippen MR) is 113 cm³/mol. The van der Waals surface area contributed by atoms with Crippen molar-refractivity contribution >= 4 is 22.9 Å². The van der Waals surface area contributed by atoms with Gasteiger partial charge in [-0.2, -0.15) is 0 Å². The van der Waals surface area contributed by atoms with Crippen molar-refractivity contribution in [3.8, 4) is 0 Å². The molecule has 7 heteroatoms. The Bertz CT molecular complexity index is 1030. The summed E-state index contributed by atoms with van der Waals surface area (Å²) in [6.45, 7) is 5.93. The van der Waals surface area contributed by atoms with Crippen LogP contribution in [0.2, 0.25) is 0 Å². The number of carbonyl (C=O) groups is 1. The van der Waals surface area contributed by atoms with Crippen molar-refractivity contribution in [2.75, 3.05) is 45.1 Å². The van der Waals surface area contributed by atoms with Gasteiger partial charge in [-0.05, 0) is 56.8 Å². The van der Waals surface area contributed by atoms with Crippen LogP contribution in [0.15, 0.2) is 30.3 Å². The number of anilines is 1. The van der Waals surface area contributed by atoms with Gasteiger partial charge in [0.25, 0.3) is 5.91 Å². The fourth-order valence-electron chi connectivity index (χ4n) is 4.35. The minimum absolute atomic E-state index is 0.269. The van der Waals surface area contributed by atoms with E-state index in [9.17, 15) is 9.18 Å². The van der Waals surface area contributed by atoms with Gasteiger partial charge in [-0.3, -0.25) is 9.78 Å². The maximum absolute atomic E-state index is 13.7. The monoisotopic (exact) mass is 408 g/mol. The fraction of sp³-hybridized carbons (Fsp3) is 0.391. The summed E-state index contributed by atoms with van der Waals surface area (Å²) in [5.74, 6) is -0.159. The van der Waals surface area contributed by atoms with Crippen molar-refractivity contribution < 1.29 is 13.9 Å². The molecule has 5 rings (SSSR count). The molecule has 1 aromatic carbocycles. The van der Waals surface area contributed by atoms with Crippen molar-refractivity contribution in [1.82, 2.24) is 14.8 Å². The molecule has 156 valence electrons. The molecule has 2 aromatic rings. The number of aromatic nitrogens is 1. The number of aryl methyl sites for hydroxylation is 1. The highest BCUT2D eigenvalue weighted by atomic mass is 19.1. The van der Waals surface area contributed by atoms with Gasteiger partial charge < -0.3 is 19.9 Å². The van der Waals surface area contributed by atoms with Gasteiger partial charge in [0, 0.05) is 48.7 Å². The number of rotatable bonds is 4. The summed E-state index contributed by atoms with van der Waals surface area (Å²) in [5, 5.41) is 2.78. The molecule has 0 radical (unpaired) electrons. The van der Waals surface area contributed by atoms with Gasteiger partial charge in [-0.1, -0.05) is 0 Å². The van der Waals surface area contributed by atoms with E-state index in [4.69, 9.17) is 9.72 Å². The van der Waals surface area contributed by atoms with Crippen LogP contribution >= 0.6 is 0 Å². The standard InChI is InChI=1S/C23H25FN4O2/c1-27-9-11-28(12-10-27)8-2-3-16-5-6-17-20(25-16)14-30-22(17)21-18-13-15(24)4-7-19(18)26-23(21)29/h4-7,13H,2-3,8-12,14H2,1H3,(H,26,29). The van der Waals surface area contributed by atoms with E-state index >= 15 is 0 Å². The van der Waals surface area contributed by atoms with Gasteiger partial charge in [0.2, 0.25) is 0 Å². The second kappa shape index (κ2) is 7.81. The maximum Gasteiger partial charge on any atom is 0.260 e. The molecule has 4 heterocycles. The van der Waals surface area contributed by atoms with E-state index in [1.165, 1.54) is 12.1 Å². The molecule has 30 heavy (non-hydrogen) atoms. The highest BCUT2D eigenvalue weighted by Gasteiger charge is 2.33. The average Bonchev–Trinajstić information content (AvgIpc) is 3.28. The number of fused-ring (bicyclic) bond motifs is 2. The van der Waals surface area contributed by atoms with Crippen LogP contribution in [0, 0.1) is 5.82 Å². The highest BCUT2D eigenvalue weighted by Crippen LogP contribution is 2.41. The number of nitrogens with one attached hydrogen (secondary N) is 1. The lowest BCUT2D eigenvalue weighted by molar-refractivity contribution is -0.110. The van der Waals surface area contributed by atoms with E-state index in [1.807, 2.05) is 12.1 Å². The van der Waals surface area contributed by atoms with Crippen LogP contribution in [0.5, 0.6) is 0 Å². The largest absolute Gasteiger partial charge is 0.486 e. The third-order valence-corrected chi connectivity index (χ3v) is 6.09. The summed E-state index contributed by atoms with van der Waals surface area (Å²) < 4.78 is 19.6. The molecule has 1 fully saturated rings. The van der Waals surface area contributed by atoms with E-state index in [1.54, 1.807) is 6.07 Å². The lowest BCUT2D eigenvalue weighted by atomic mass is 10.0. The number of nitrogens with zero attached hydrogens (tertiary/aromatic N) is 3. The molecule has 0 aliphatic carbocycles. The van der Waals surface area contributed by atoms with E-state index < -0.39 is 0 Å². The third-order valence-electron chi connectivity index (χ3n) is 6.09. The lowest BCUT2D eigenvalue weighted by Gasteiger charge is -2.32. The second-order valence-electron chi connectivity index (χ2n) is 8.18. The smallest absolute Gasteiger partial charge is 0.260 e. The molecule has 1 saturated heterocycles. The number of likely N-dealkylation sites (N-methyl/N-ethyl adjacent to an activating group) is 1. The molecule has 0 unspecified atom stereocenters. The van der Waals surface area contributed by atoms with Gasteiger partial charge in [0.05, 0.1) is 11.3 Å². The number of amides is 1. The number of halogens is 1. The van der Waals surface area contributed by atoms with Crippen molar-refractivity contribution in [1.29, 1.82) is 0 Å². The van der Waals surface area contributed by atoms with Crippen molar-refractivity contribution in [2.24, 2.45) is 0 Å². The Hall–Kier alpha value is -2.77. The first kappa shape index (κ1) is 19.2. The molecular weight excluding hydrogens is 383 g/mol. The first-order chi connectivity index (χ1) is 14.6. The van der Waals surface area contributed by atoms with Crippen LogP contribution in [0.25, 0.3) is 11.3 Å². The predicted octanol–water partition coefficient (Wildman–Crippen LogP) is 2.75. The zero-order valence-corrected chi connectivity index (χ0v) is 17.1. The number of hydrogen-bond acceptors (Lipinski definition) is 5. The van der Waals surface area contributed by atoms with Crippen molar-refractivity contribution in [3.63, 3.8) is 0 Å². The van der Waals surface area contributed by atoms with Crippen molar-refractivity contribution in [3.05, 3.63) is 58.7 Å². The number of carbonyl (C=O) groups excluding carboxylic acids is 1. The van der Waals surface area contributed by atoms with E-state index in [0.29, 0.717) is 29.2 Å². The molecule has 1 aromatic heterocycles. The molecule has 0 atom stereocenters. The Morgan fingerprint density at radius 3 is 2.80 bits per heavy atom. The van der Waals surface area contributed by atoms with Crippen LogP contribution in [-0.4, -0.2) is 60.5 Å². The Labute approximate surface area is 175 Å². The third kappa shape index (κ3) is 3.59. The SMILES string of the molecule is CN1CCN(CCCc2ccc3c(n2)COC3=C2C(=O)Nc3ccc(F)cc32)CC1. The highest BCUT2D eigenvalue weighted by molar-refractivity contribution is 6.36. The van der Waals surface area contributed by atoms with Crippen LogP contribution in [0.3, 0.4) is 0 Å². The minimum Gasteiger partial charge on any atom is -0.486 e. The topological polar surface area (TPSA) is 57.7 Å². The van der Waals surface area contributed by atoms with Gasteiger partial charge >= 0.3 is 0 Å². The Morgan fingerprint density at radius 1 is 1.13 bits per heavy atom. The van der Waals surface area contributed by atoms with E-state index in [-0.39, 0.29) is 11.7 Å². The van der Waals surface area contributed by atoms with Gasteiger partial charge in [0.1, 0.15) is 18.2 Å². The Kier molecular flexibility index (Phi) is 5.00. The average molecular weight is 408 g/mol. The molecule has 3 aliphatic heterocycles. The van der Waals surface area contributed by atoms with E-state index in [2.05, 4.69) is 22.2 Å². The lowest BCUT2D eigenvalue weighted by Crippen LogP contribution is -2.44. The van der Waals surface area contributed by atoms with Gasteiger partial charge in [0.15, 0.2) is 0 Å². The van der Waals surface area contributed by atoms with Crippen LogP contribution < -0.4 is 5.32 Å². The summed E-state index contributed by atoms with van der Waals surface area (Å²) in [4.78, 5) is 22.2. The van der Waals surface area contributed by atoms with Crippen LogP contribution in [-0.2, 0) is 22.6 Å². The number of hydrogen-bond donors (Lipinski definition) is 1. The molecule has 1 amide bonds. The second-order valence-corrected chi connectivity index (χ2v) is 8.18. The van der Waals surface area contributed by atoms with Crippen LogP contribution in [0.1, 0.15) is 28.9 Å². The molecule has 6 nitrogen and oxygen atoms in total. The quantitative estimate of drug-likeness (QED) is 0.789. The zero-order valence-electron chi connectivity index (χ0n) is 17.1. The number of ether oxygens (including phenoxy) is 1. The summed E-state index contributed by atoms with van der Waals surface area (Å²) in [5.41, 5.74) is 4.23.